The summed E-state index contributed by atoms with van der Waals surface area (Å²) in [5.41, 5.74) is 17.0. The van der Waals surface area contributed by atoms with Gasteiger partial charge in [0.1, 0.15) is 0 Å². The Kier molecular flexibility index (Phi) is 7.55. The first-order valence-corrected chi connectivity index (χ1v) is 19.9. The highest BCUT2D eigenvalue weighted by atomic mass is 15.1. The monoisotopic (exact) mass is 728 g/mol. The fourth-order valence-electron chi connectivity index (χ4n) is 9.47. The predicted octanol–water partition coefficient (Wildman–Crippen LogP) is 15.0. The van der Waals surface area contributed by atoms with Gasteiger partial charge in [0.2, 0.25) is 0 Å². The molecule has 270 valence electrons. The predicted molar refractivity (Wildman–Crippen MR) is 241 cm³/mol. The summed E-state index contributed by atoms with van der Waals surface area (Å²) in [7, 11) is 0. The summed E-state index contributed by atoms with van der Waals surface area (Å²) in [4.78, 5) is 2.50. The zero-order chi connectivity index (χ0) is 38.1. The number of nitrogens with zero attached hydrogens (tertiary/aromatic N) is 2. The Morgan fingerprint density at radius 1 is 0.421 bits per heavy atom. The highest BCUT2D eigenvalue weighted by Gasteiger charge is 2.36. The van der Waals surface area contributed by atoms with E-state index in [1.54, 1.807) is 0 Å². The molecule has 11 rings (SSSR count). The van der Waals surface area contributed by atoms with Gasteiger partial charge in [-0.15, -0.1) is 0 Å². The van der Waals surface area contributed by atoms with Crippen molar-refractivity contribution in [3.63, 3.8) is 0 Å². The summed E-state index contributed by atoms with van der Waals surface area (Å²) < 4.78 is 2.49. The largest absolute Gasteiger partial charge is 0.310 e. The number of fused-ring (bicyclic) bond motifs is 8. The van der Waals surface area contributed by atoms with Crippen molar-refractivity contribution in [2.45, 2.75) is 19.3 Å². The van der Waals surface area contributed by atoms with Gasteiger partial charge in [0, 0.05) is 38.6 Å². The molecule has 1 aromatic heterocycles. The Bertz CT molecular complexity index is 3120. The topological polar surface area (TPSA) is 8.17 Å². The minimum atomic E-state index is -0.139. The second-order valence-electron chi connectivity index (χ2n) is 15.7. The minimum Gasteiger partial charge on any atom is -0.310 e. The normalized spacial score (nSPS) is 12.9. The number of aromatic nitrogens is 1. The van der Waals surface area contributed by atoms with E-state index in [0.29, 0.717) is 0 Å². The van der Waals surface area contributed by atoms with Crippen LogP contribution in [0.3, 0.4) is 0 Å². The van der Waals surface area contributed by atoms with Crippen LogP contribution in [-0.2, 0) is 5.41 Å². The van der Waals surface area contributed by atoms with Crippen LogP contribution < -0.4 is 4.90 Å². The SMILES string of the molecule is CC1(C)c2ccccc2-c2ccc(N(c3ccc(-c4ccccc4)cc3)c3cccc4c3c3c(-c5ccccc5)cc5ccccc5c3n4-c3ccccc3)cc21. The summed E-state index contributed by atoms with van der Waals surface area (Å²) in [5, 5.41) is 4.92. The van der Waals surface area contributed by atoms with Crippen LogP contribution in [0.2, 0.25) is 0 Å². The molecule has 2 heteroatoms. The third-order valence-electron chi connectivity index (χ3n) is 12.2. The zero-order valence-corrected chi connectivity index (χ0v) is 32.0. The number of benzene rings is 9. The Morgan fingerprint density at radius 3 is 1.81 bits per heavy atom. The van der Waals surface area contributed by atoms with Crippen LogP contribution in [0.25, 0.3) is 71.6 Å². The Morgan fingerprint density at radius 2 is 1.04 bits per heavy atom. The molecule has 9 aromatic carbocycles. The molecule has 0 N–H and O–H groups in total. The molecule has 1 aliphatic rings. The molecule has 0 radical (unpaired) electrons. The first-order valence-electron chi connectivity index (χ1n) is 19.9. The van der Waals surface area contributed by atoms with Crippen molar-refractivity contribution >= 4 is 49.6 Å². The lowest BCUT2D eigenvalue weighted by Crippen LogP contribution is -2.16. The molecule has 2 nitrogen and oxygen atoms in total. The second-order valence-corrected chi connectivity index (χ2v) is 15.7. The van der Waals surface area contributed by atoms with Crippen LogP contribution in [0.5, 0.6) is 0 Å². The quantitative estimate of drug-likeness (QED) is 0.165. The number of hydrogen-bond donors (Lipinski definition) is 0. The maximum absolute atomic E-state index is 2.50. The fraction of sp³-hybridized carbons (Fsp3) is 0.0545. The number of anilines is 3. The van der Waals surface area contributed by atoms with E-state index in [-0.39, 0.29) is 5.41 Å². The second kappa shape index (κ2) is 13.0. The van der Waals surface area contributed by atoms with Gasteiger partial charge < -0.3 is 9.47 Å². The molecule has 0 amide bonds. The lowest BCUT2D eigenvalue weighted by Gasteiger charge is -2.29. The van der Waals surface area contributed by atoms with Crippen molar-refractivity contribution in [3.05, 3.63) is 217 Å². The number of rotatable bonds is 6. The average molecular weight is 729 g/mol. The Labute approximate surface area is 333 Å². The molecule has 0 spiro atoms. The minimum absolute atomic E-state index is 0.139. The van der Waals surface area contributed by atoms with E-state index in [1.165, 1.54) is 77.1 Å². The van der Waals surface area contributed by atoms with E-state index in [2.05, 4.69) is 230 Å². The molecule has 57 heavy (non-hydrogen) atoms. The molecule has 0 bridgehead atoms. The van der Waals surface area contributed by atoms with E-state index in [0.717, 1.165) is 22.7 Å². The van der Waals surface area contributed by atoms with E-state index in [4.69, 9.17) is 0 Å². The standard InChI is InChI=1S/C55H40N2/c1-55(2)48-26-15-14-25-45(48)46-34-33-43(36-49(46)55)56(42-31-29-38(30-32-42)37-17-6-3-7-18-37)50-27-16-28-51-53(50)52-47(39-19-8-4-9-20-39)35-40-21-12-13-24-44(40)54(52)57(51)41-22-10-5-11-23-41/h3-36H,1-2H3. The van der Waals surface area contributed by atoms with Gasteiger partial charge in [0.05, 0.1) is 16.7 Å². The van der Waals surface area contributed by atoms with E-state index >= 15 is 0 Å². The van der Waals surface area contributed by atoms with E-state index < -0.39 is 0 Å². The molecule has 0 fully saturated rings. The smallest absolute Gasteiger partial charge is 0.0626 e. The Hall–Kier alpha value is -7.16. The third-order valence-corrected chi connectivity index (χ3v) is 12.2. The van der Waals surface area contributed by atoms with Gasteiger partial charge in [0.15, 0.2) is 0 Å². The third kappa shape index (κ3) is 5.18. The van der Waals surface area contributed by atoms with Gasteiger partial charge in [-0.05, 0) is 104 Å². The molecule has 0 aliphatic heterocycles. The molecular weight excluding hydrogens is 689 g/mol. The summed E-state index contributed by atoms with van der Waals surface area (Å²) in [6.45, 7) is 4.73. The van der Waals surface area contributed by atoms with Gasteiger partial charge in [-0.3, -0.25) is 0 Å². The summed E-state index contributed by atoms with van der Waals surface area (Å²) in [6, 6.07) is 75.7. The molecule has 10 aromatic rings. The van der Waals surface area contributed by atoms with Crippen molar-refractivity contribution in [1.82, 2.24) is 4.57 Å². The molecule has 0 saturated carbocycles. The van der Waals surface area contributed by atoms with Crippen LogP contribution >= 0.6 is 0 Å². The van der Waals surface area contributed by atoms with Crippen LogP contribution in [0.15, 0.2) is 206 Å². The van der Waals surface area contributed by atoms with Gasteiger partial charge >= 0.3 is 0 Å². The van der Waals surface area contributed by atoms with Crippen molar-refractivity contribution in [2.24, 2.45) is 0 Å². The first kappa shape index (κ1) is 33.2. The highest BCUT2D eigenvalue weighted by molar-refractivity contribution is 6.27. The van der Waals surface area contributed by atoms with E-state index in [1.807, 2.05) is 0 Å². The highest BCUT2D eigenvalue weighted by Crippen LogP contribution is 2.52. The van der Waals surface area contributed by atoms with Crippen LogP contribution in [0.4, 0.5) is 17.1 Å². The maximum Gasteiger partial charge on any atom is 0.0626 e. The van der Waals surface area contributed by atoms with Crippen LogP contribution in [-0.4, -0.2) is 4.57 Å². The van der Waals surface area contributed by atoms with Crippen LogP contribution in [0, 0.1) is 0 Å². The number of para-hydroxylation sites is 1. The first-order chi connectivity index (χ1) is 28.1. The lowest BCUT2D eigenvalue weighted by atomic mass is 9.82. The average Bonchev–Trinajstić information content (AvgIpc) is 3.74. The molecular formula is C55H40N2. The molecule has 0 atom stereocenters. The van der Waals surface area contributed by atoms with Crippen molar-refractivity contribution < 1.29 is 0 Å². The van der Waals surface area contributed by atoms with E-state index in [9.17, 15) is 0 Å². The van der Waals surface area contributed by atoms with Gasteiger partial charge in [-0.2, -0.15) is 0 Å². The zero-order valence-electron chi connectivity index (χ0n) is 32.0. The van der Waals surface area contributed by atoms with Crippen molar-refractivity contribution in [1.29, 1.82) is 0 Å². The van der Waals surface area contributed by atoms with Gasteiger partial charge in [0.25, 0.3) is 0 Å². The fourth-order valence-corrected chi connectivity index (χ4v) is 9.47. The summed E-state index contributed by atoms with van der Waals surface area (Å²) in [6.07, 6.45) is 0. The van der Waals surface area contributed by atoms with Gasteiger partial charge in [-0.1, -0.05) is 166 Å². The molecule has 1 heterocycles. The lowest BCUT2D eigenvalue weighted by molar-refractivity contribution is 0.660. The molecule has 0 unspecified atom stereocenters. The maximum atomic E-state index is 2.50. The number of hydrogen-bond acceptors (Lipinski definition) is 1. The summed E-state index contributed by atoms with van der Waals surface area (Å²) >= 11 is 0. The van der Waals surface area contributed by atoms with Crippen molar-refractivity contribution in [2.75, 3.05) is 4.90 Å². The molecule has 1 aliphatic carbocycles. The Balaban J connectivity index is 1.26. The van der Waals surface area contributed by atoms with Crippen LogP contribution in [0.1, 0.15) is 25.0 Å². The van der Waals surface area contributed by atoms with Crippen molar-refractivity contribution in [3.8, 4) is 39.1 Å². The van der Waals surface area contributed by atoms with Gasteiger partial charge in [-0.25, -0.2) is 0 Å². The summed E-state index contributed by atoms with van der Waals surface area (Å²) in [5.74, 6) is 0. The molecule has 0 saturated heterocycles.